The second-order valence-electron chi connectivity index (χ2n) is 8.47. The van der Waals surface area contributed by atoms with E-state index in [2.05, 4.69) is 61.5 Å². The smallest absolute Gasteiger partial charge is 0.127 e. The van der Waals surface area contributed by atoms with E-state index < -0.39 is 5.41 Å². The lowest BCUT2D eigenvalue weighted by Crippen LogP contribution is -2.31. The van der Waals surface area contributed by atoms with Crippen molar-refractivity contribution in [1.82, 2.24) is 0 Å². The molecule has 0 aromatic heterocycles. The largest absolute Gasteiger partial charge is 0.497 e. The van der Waals surface area contributed by atoms with Crippen molar-refractivity contribution < 1.29 is 9.13 Å². The first-order valence-corrected chi connectivity index (χ1v) is 10.9. The van der Waals surface area contributed by atoms with Crippen LogP contribution < -0.4 is 4.74 Å². The Morgan fingerprint density at radius 1 is 0.812 bits per heavy atom. The van der Waals surface area contributed by atoms with Crippen LogP contribution in [0, 0.1) is 12.7 Å². The SMILES string of the molecule is COc1ccc(C2(c3ccccc3F)C=Cc3ccc(-c4ccc(C)cc4)cc3C2)cc1. The van der Waals surface area contributed by atoms with Crippen molar-refractivity contribution in [3.8, 4) is 16.9 Å². The molecule has 1 aliphatic rings. The standard InChI is InChI=1S/C30H25FO/c1-21-7-9-22(10-8-21)24-12-11-23-17-18-30(20-25(23)19-24,28-5-3-4-6-29(28)31)26-13-15-27(32-2)16-14-26/h3-19H,20H2,1-2H3. The number of aryl methyl sites for hydroxylation is 1. The fourth-order valence-electron chi connectivity index (χ4n) is 4.69. The highest BCUT2D eigenvalue weighted by Crippen LogP contribution is 2.43. The Labute approximate surface area is 188 Å². The number of hydrogen-bond donors (Lipinski definition) is 0. The predicted molar refractivity (Wildman–Crippen MR) is 130 cm³/mol. The van der Waals surface area contributed by atoms with Crippen LogP contribution in [0.1, 0.15) is 27.8 Å². The molecule has 0 heterocycles. The van der Waals surface area contributed by atoms with E-state index in [1.54, 1.807) is 19.2 Å². The number of rotatable bonds is 4. The van der Waals surface area contributed by atoms with Gasteiger partial charge in [0.25, 0.3) is 0 Å². The molecule has 0 amide bonds. The van der Waals surface area contributed by atoms with Crippen molar-refractivity contribution in [2.45, 2.75) is 18.8 Å². The Hall–Kier alpha value is -3.65. The molecule has 32 heavy (non-hydrogen) atoms. The van der Waals surface area contributed by atoms with E-state index in [4.69, 9.17) is 4.74 Å². The Morgan fingerprint density at radius 3 is 2.25 bits per heavy atom. The van der Waals surface area contributed by atoms with Gasteiger partial charge >= 0.3 is 0 Å². The molecule has 0 saturated heterocycles. The molecule has 0 spiro atoms. The molecule has 1 aliphatic carbocycles. The zero-order chi connectivity index (χ0) is 22.1. The first kappa shape index (κ1) is 20.3. The fourth-order valence-corrected chi connectivity index (χ4v) is 4.69. The van der Waals surface area contributed by atoms with E-state index >= 15 is 4.39 Å². The molecule has 1 atom stereocenters. The molecule has 158 valence electrons. The van der Waals surface area contributed by atoms with Gasteiger partial charge in [-0.2, -0.15) is 0 Å². The molecule has 0 radical (unpaired) electrons. The van der Waals surface area contributed by atoms with Crippen molar-refractivity contribution >= 4 is 6.08 Å². The minimum atomic E-state index is -0.587. The number of halogens is 1. The van der Waals surface area contributed by atoms with Crippen LogP contribution in [0.5, 0.6) is 5.75 Å². The second kappa shape index (κ2) is 8.12. The van der Waals surface area contributed by atoms with E-state index in [9.17, 15) is 0 Å². The summed E-state index contributed by atoms with van der Waals surface area (Å²) in [7, 11) is 1.66. The van der Waals surface area contributed by atoms with E-state index in [1.165, 1.54) is 27.8 Å². The number of hydrogen-bond acceptors (Lipinski definition) is 1. The third-order valence-electron chi connectivity index (χ3n) is 6.50. The van der Waals surface area contributed by atoms with Gasteiger partial charge in [-0.25, -0.2) is 4.39 Å². The number of ether oxygens (including phenoxy) is 1. The van der Waals surface area contributed by atoms with Crippen molar-refractivity contribution in [3.63, 3.8) is 0 Å². The molecule has 0 saturated carbocycles. The molecule has 0 N–H and O–H groups in total. The third kappa shape index (κ3) is 3.52. The van der Waals surface area contributed by atoms with Gasteiger partial charge in [0.2, 0.25) is 0 Å². The summed E-state index contributed by atoms with van der Waals surface area (Å²) in [6.45, 7) is 2.10. The summed E-state index contributed by atoms with van der Waals surface area (Å²) in [4.78, 5) is 0. The maximum Gasteiger partial charge on any atom is 0.127 e. The van der Waals surface area contributed by atoms with Gasteiger partial charge in [0.15, 0.2) is 0 Å². The third-order valence-corrected chi connectivity index (χ3v) is 6.50. The van der Waals surface area contributed by atoms with Crippen molar-refractivity contribution in [1.29, 1.82) is 0 Å². The van der Waals surface area contributed by atoms with Gasteiger partial charge < -0.3 is 4.74 Å². The van der Waals surface area contributed by atoms with Crippen molar-refractivity contribution in [2.24, 2.45) is 0 Å². The highest BCUT2D eigenvalue weighted by Gasteiger charge is 2.37. The van der Waals surface area contributed by atoms with E-state index in [1.807, 2.05) is 36.4 Å². The van der Waals surface area contributed by atoms with Crippen LogP contribution in [0.25, 0.3) is 17.2 Å². The van der Waals surface area contributed by atoms with Crippen LogP contribution in [0.3, 0.4) is 0 Å². The molecular formula is C30H25FO. The Morgan fingerprint density at radius 2 is 1.53 bits per heavy atom. The molecule has 0 bridgehead atoms. The number of allylic oxidation sites excluding steroid dienone is 1. The van der Waals surface area contributed by atoms with Gasteiger partial charge in [-0.15, -0.1) is 0 Å². The van der Waals surface area contributed by atoms with Crippen LogP contribution in [-0.4, -0.2) is 7.11 Å². The molecule has 1 unspecified atom stereocenters. The summed E-state index contributed by atoms with van der Waals surface area (Å²) in [5, 5.41) is 0. The summed E-state index contributed by atoms with van der Waals surface area (Å²) in [5.41, 5.74) is 7.15. The van der Waals surface area contributed by atoms with Crippen molar-refractivity contribution in [3.05, 3.63) is 131 Å². The highest BCUT2D eigenvalue weighted by molar-refractivity contribution is 5.71. The van der Waals surface area contributed by atoms with Gasteiger partial charge in [0.05, 0.1) is 7.11 Å². The van der Waals surface area contributed by atoms with Gasteiger partial charge in [-0.05, 0) is 59.4 Å². The first-order valence-electron chi connectivity index (χ1n) is 10.9. The highest BCUT2D eigenvalue weighted by atomic mass is 19.1. The maximum absolute atomic E-state index is 15.1. The summed E-state index contributed by atoms with van der Waals surface area (Å²) in [5.74, 6) is 0.602. The Kier molecular flexibility index (Phi) is 5.14. The summed E-state index contributed by atoms with van der Waals surface area (Å²) >= 11 is 0. The second-order valence-corrected chi connectivity index (χ2v) is 8.47. The zero-order valence-electron chi connectivity index (χ0n) is 18.3. The minimum absolute atomic E-state index is 0.189. The molecular weight excluding hydrogens is 395 g/mol. The lowest BCUT2D eigenvalue weighted by molar-refractivity contribution is 0.414. The summed E-state index contributed by atoms with van der Waals surface area (Å²) in [6.07, 6.45) is 4.97. The van der Waals surface area contributed by atoms with Gasteiger partial charge in [0.1, 0.15) is 11.6 Å². The van der Waals surface area contributed by atoms with Gasteiger partial charge in [-0.3, -0.25) is 0 Å². The topological polar surface area (TPSA) is 9.23 Å². The lowest BCUT2D eigenvalue weighted by Gasteiger charge is -2.36. The Balaban J connectivity index is 1.65. The van der Waals surface area contributed by atoms with Gasteiger partial charge in [0, 0.05) is 11.0 Å². The monoisotopic (exact) mass is 420 g/mol. The van der Waals surface area contributed by atoms with Crippen LogP contribution >= 0.6 is 0 Å². The molecule has 1 nitrogen and oxygen atoms in total. The fraction of sp³-hybridized carbons (Fsp3) is 0.133. The lowest BCUT2D eigenvalue weighted by atomic mass is 9.67. The van der Waals surface area contributed by atoms with E-state index in [0.29, 0.717) is 12.0 Å². The van der Waals surface area contributed by atoms with Crippen LogP contribution in [0.15, 0.2) is 97.1 Å². The Bertz CT molecular complexity index is 1290. The number of methoxy groups -OCH3 is 1. The predicted octanol–water partition coefficient (Wildman–Crippen LogP) is 7.37. The van der Waals surface area contributed by atoms with E-state index in [0.717, 1.165) is 11.3 Å². The summed E-state index contributed by atoms with van der Waals surface area (Å²) in [6, 6.07) is 30.3. The number of benzene rings is 4. The van der Waals surface area contributed by atoms with Crippen LogP contribution in [-0.2, 0) is 11.8 Å². The minimum Gasteiger partial charge on any atom is -0.497 e. The van der Waals surface area contributed by atoms with Crippen LogP contribution in [0.2, 0.25) is 0 Å². The molecule has 0 fully saturated rings. The van der Waals surface area contributed by atoms with Crippen LogP contribution in [0.4, 0.5) is 4.39 Å². The molecule has 4 aromatic rings. The normalized spacial score (nSPS) is 17.1. The average molecular weight is 421 g/mol. The first-order chi connectivity index (χ1) is 15.6. The molecule has 4 aromatic carbocycles. The van der Waals surface area contributed by atoms with Gasteiger partial charge in [-0.1, -0.05) is 90.5 Å². The van der Waals surface area contributed by atoms with E-state index in [-0.39, 0.29) is 5.82 Å². The molecule has 5 rings (SSSR count). The summed E-state index contributed by atoms with van der Waals surface area (Å²) < 4.78 is 20.5. The average Bonchev–Trinajstić information content (AvgIpc) is 2.84. The number of fused-ring (bicyclic) bond motifs is 1. The van der Waals surface area contributed by atoms with Crippen molar-refractivity contribution in [2.75, 3.05) is 7.11 Å². The quantitative estimate of drug-likeness (QED) is 0.335. The zero-order valence-corrected chi connectivity index (χ0v) is 18.3. The molecule has 0 aliphatic heterocycles. The molecule has 2 heteroatoms. The maximum atomic E-state index is 15.1.